The van der Waals surface area contributed by atoms with Gasteiger partial charge in [0, 0.05) is 23.2 Å². The lowest BCUT2D eigenvalue weighted by Crippen LogP contribution is -2.42. The Morgan fingerprint density at radius 1 is 0.776 bits per heavy atom. The first kappa shape index (κ1) is 36.3. The zero-order chi connectivity index (χ0) is 35.2. The van der Waals surface area contributed by atoms with Crippen LogP contribution in [0.3, 0.4) is 0 Å². The molecule has 3 N–H and O–H groups in total. The quantitative estimate of drug-likeness (QED) is 0.0618. The number of carbonyl (C=O) groups is 4. The summed E-state index contributed by atoms with van der Waals surface area (Å²) in [7, 11) is 0. The molecule has 49 heavy (non-hydrogen) atoms. The summed E-state index contributed by atoms with van der Waals surface area (Å²) in [5, 5.41) is 14.8. The number of unbranched alkanes of at least 4 members (excludes halogenated alkanes) is 4. The number of carboxylic acids is 1. The minimum atomic E-state index is -1.27. The molecule has 11 heteroatoms. The predicted molar refractivity (Wildman–Crippen MR) is 180 cm³/mol. The number of nitrogens with one attached hydrogen (secondary N) is 2. The van der Waals surface area contributed by atoms with E-state index in [0.717, 1.165) is 18.9 Å². The number of ether oxygens (including phenoxy) is 2. The normalized spacial score (nSPS) is 11.3. The van der Waals surface area contributed by atoms with E-state index in [9.17, 15) is 33.1 Å². The van der Waals surface area contributed by atoms with E-state index in [1.807, 2.05) is 0 Å². The van der Waals surface area contributed by atoms with Crippen molar-refractivity contribution in [3.05, 3.63) is 125 Å². The SMILES string of the molecule is CCCCCCCOc1ccc(C(=O)Oc2ccc(C[C@H](NC(=O)c3ccc(NC(=O)Cc4cccc(F)c4F)cc3)C(=O)O)cc2)cc1. The fourth-order valence-electron chi connectivity index (χ4n) is 4.89. The number of esters is 1. The first-order valence-electron chi connectivity index (χ1n) is 16.0. The molecule has 4 rings (SSSR count). The summed E-state index contributed by atoms with van der Waals surface area (Å²) in [6, 6.07) is 21.0. The zero-order valence-corrected chi connectivity index (χ0v) is 27.0. The molecule has 0 unspecified atom stereocenters. The van der Waals surface area contributed by atoms with E-state index in [1.54, 1.807) is 48.5 Å². The molecule has 0 bridgehead atoms. The number of amides is 2. The maximum Gasteiger partial charge on any atom is 0.343 e. The number of carboxylic acid groups (broad SMARTS) is 1. The number of benzene rings is 4. The number of anilines is 1. The highest BCUT2D eigenvalue weighted by molar-refractivity contribution is 5.98. The number of aliphatic carboxylic acids is 1. The van der Waals surface area contributed by atoms with E-state index in [4.69, 9.17) is 9.47 Å². The highest BCUT2D eigenvalue weighted by Crippen LogP contribution is 2.19. The van der Waals surface area contributed by atoms with Gasteiger partial charge in [0.1, 0.15) is 17.5 Å². The monoisotopic (exact) mass is 672 g/mol. The molecule has 0 heterocycles. The number of rotatable bonds is 17. The second-order valence-corrected chi connectivity index (χ2v) is 11.4. The van der Waals surface area contributed by atoms with E-state index in [2.05, 4.69) is 17.6 Å². The van der Waals surface area contributed by atoms with E-state index in [-0.39, 0.29) is 23.3 Å². The van der Waals surface area contributed by atoms with Crippen molar-refractivity contribution in [3.8, 4) is 11.5 Å². The molecule has 0 spiro atoms. The number of hydrogen-bond acceptors (Lipinski definition) is 6. The Labute approximate surface area is 283 Å². The Morgan fingerprint density at radius 2 is 1.43 bits per heavy atom. The molecule has 0 radical (unpaired) electrons. The van der Waals surface area contributed by atoms with E-state index in [1.165, 1.54) is 55.7 Å². The van der Waals surface area contributed by atoms with Crippen molar-refractivity contribution in [1.29, 1.82) is 0 Å². The Hall–Kier alpha value is -5.58. The summed E-state index contributed by atoms with van der Waals surface area (Å²) >= 11 is 0. The van der Waals surface area contributed by atoms with Crippen LogP contribution in [0.4, 0.5) is 14.5 Å². The van der Waals surface area contributed by atoms with Gasteiger partial charge in [-0.05, 0) is 78.7 Å². The molecule has 4 aromatic rings. The Kier molecular flexibility index (Phi) is 13.4. The minimum Gasteiger partial charge on any atom is -0.494 e. The van der Waals surface area contributed by atoms with Gasteiger partial charge in [-0.3, -0.25) is 9.59 Å². The van der Waals surface area contributed by atoms with E-state index < -0.39 is 47.9 Å². The molecule has 0 saturated carbocycles. The molecule has 0 aliphatic rings. The lowest BCUT2D eigenvalue weighted by molar-refractivity contribution is -0.139. The first-order chi connectivity index (χ1) is 23.6. The van der Waals surface area contributed by atoms with Gasteiger partial charge in [0.15, 0.2) is 11.6 Å². The number of hydrogen-bond donors (Lipinski definition) is 3. The van der Waals surface area contributed by atoms with Crippen molar-refractivity contribution in [2.75, 3.05) is 11.9 Å². The summed E-state index contributed by atoms with van der Waals surface area (Å²) in [5.74, 6) is -4.24. The smallest absolute Gasteiger partial charge is 0.343 e. The van der Waals surface area contributed by atoms with Crippen molar-refractivity contribution in [1.82, 2.24) is 5.32 Å². The summed E-state index contributed by atoms with van der Waals surface area (Å²) in [6.45, 7) is 2.79. The molecule has 9 nitrogen and oxygen atoms in total. The number of carbonyl (C=O) groups excluding carboxylic acids is 3. The highest BCUT2D eigenvalue weighted by Gasteiger charge is 2.22. The predicted octanol–water partition coefficient (Wildman–Crippen LogP) is 7.14. The molecule has 4 aromatic carbocycles. The Bertz CT molecular complexity index is 1730. The first-order valence-corrected chi connectivity index (χ1v) is 16.0. The standard InChI is InChI=1S/C38H38F2N2O7/c1-2-3-4-5-6-22-48-30-20-14-27(15-21-30)38(47)49-31-18-10-25(11-19-31)23-33(37(45)46)42-36(44)26-12-16-29(17-13-26)41-34(43)24-28-8-7-9-32(39)35(28)40/h7-21,33H,2-6,22-24H2,1H3,(H,41,43)(H,42,44)(H,45,46)/t33-/m0/s1. The second kappa shape index (κ2) is 18.1. The van der Waals surface area contributed by atoms with Crippen LogP contribution in [0.1, 0.15) is 70.9 Å². The van der Waals surface area contributed by atoms with Gasteiger partial charge in [0.05, 0.1) is 18.6 Å². The molecule has 0 saturated heterocycles. The third kappa shape index (κ3) is 11.3. The van der Waals surface area contributed by atoms with Gasteiger partial charge < -0.3 is 25.2 Å². The summed E-state index contributed by atoms with van der Waals surface area (Å²) in [6.07, 6.45) is 5.26. The molecule has 0 aliphatic carbocycles. The molecule has 256 valence electrons. The topological polar surface area (TPSA) is 131 Å². The molecule has 0 aliphatic heterocycles. The number of halogens is 2. The molecular formula is C38H38F2N2O7. The van der Waals surface area contributed by atoms with Crippen molar-refractivity contribution in [2.24, 2.45) is 0 Å². The van der Waals surface area contributed by atoms with Crippen LogP contribution in [0.15, 0.2) is 91.0 Å². The Balaban J connectivity index is 1.25. The fraction of sp³-hybridized carbons (Fsp3) is 0.263. The second-order valence-electron chi connectivity index (χ2n) is 11.4. The van der Waals surface area contributed by atoms with Crippen LogP contribution >= 0.6 is 0 Å². The van der Waals surface area contributed by atoms with Crippen LogP contribution in [0.5, 0.6) is 11.5 Å². The van der Waals surface area contributed by atoms with Gasteiger partial charge in [0.25, 0.3) is 5.91 Å². The maximum atomic E-state index is 13.9. The van der Waals surface area contributed by atoms with Gasteiger partial charge in [-0.2, -0.15) is 0 Å². The van der Waals surface area contributed by atoms with Crippen LogP contribution in [0.2, 0.25) is 0 Å². The molecule has 1 atom stereocenters. The maximum absolute atomic E-state index is 13.9. The summed E-state index contributed by atoms with van der Waals surface area (Å²) < 4.78 is 38.5. The largest absolute Gasteiger partial charge is 0.494 e. The summed E-state index contributed by atoms with van der Waals surface area (Å²) in [5.41, 5.74) is 1.28. The third-order valence-corrected chi connectivity index (χ3v) is 7.60. The fourth-order valence-corrected chi connectivity index (χ4v) is 4.89. The minimum absolute atomic E-state index is 0.0415. The van der Waals surface area contributed by atoms with E-state index in [0.29, 0.717) is 29.2 Å². The van der Waals surface area contributed by atoms with E-state index >= 15 is 0 Å². The van der Waals surface area contributed by atoms with Crippen LogP contribution in [0, 0.1) is 11.6 Å². The summed E-state index contributed by atoms with van der Waals surface area (Å²) in [4.78, 5) is 49.7. The van der Waals surface area contributed by atoms with Crippen molar-refractivity contribution in [2.45, 2.75) is 57.9 Å². The van der Waals surface area contributed by atoms with Gasteiger partial charge in [-0.1, -0.05) is 56.9 Å². The lowest BCUT2D eigenvalue weighted by Gasteiger charge is -2.15. The molecular weight excluding hydrogens is 634 g/mol. The average molecular weight is 673 g/mol. The van der Waals surface area contributed by atoms with Gasteiger partial charge in [-0.25, -0.2) is 18.4 Å². The highest BCUT2D eigenvalue weighted by atomic mass is 19.2. The van der Waals surface area contributed by atoms with Gasteiger partial charge in [-0.15, -0.1) is 0 Å². The Morgan fingerprint density at radius 3 is 2.10 bits per heavy atom. The van der Waals surface area contributed by atoms with Crippen LogP contribution in [0.25, 0.3) is 0 Å². The van der Waals surface area contributed by atoms with Crippen molar-refractivity contribution >= 4 is 29.4 Å². The van der Waals surface area contributed by atoms with Gasteiger partial charge >= 0.3 is 11.9 Å². The van der Waals surface area contributed by atoms with Crippen LogP contribution < -0.4 is 20.1 Å². The van der Waals surface area contributed by atoms with Crippen LogP contribution in [-0.4, -0.2) is 41.5 Å². The third-order valence-electron chi connectivity index (χ3n) is 7.60. The molecule has 0 aromatic heterocycles. The molecule has 2 amide bonds. The molecule has 0 fully saturated rings. The van der Waals surface area contributed by atoms with Crippen LogP contribution in [-0.2, 0) is 22.4 Å². The average Bonchev–Trinajstić information content (AvgIpc) is 3.09. The zero-order valence-electron chi connectivity index (χ0n) is 27.0. The van der Waals surface area contributed by atoms with Crippen molar-refractivity contribution < 1.29 is 42.5 Å². The van der Waals surface area contributed by atoms with Gasteiger partial charge in [0.2, 0.25) is 5.91 Å². The lowest BCUT2D eigenvalue weighted by atomic mass is 10.0. The van der Waals surface area contributed by atoms with Crippen molar-refractivity contribution in [3.63, 3.8) is 0 Å².